The maximum atomic E-state index is 12.8. The summed E-state index contributed by atoms with van der Waals surface area (Å²) in [6.07, 6.45) is 0. The molecule has 1 saturated heterocycles. The van der Waals surface area contributed by atoms with Crippen molar-refractivity contribution >= 4 is 59.4 Å². The van der Waals surface area contributed by atoms with Crippen LogP contribution >= 0.6 is 22.7 Å². The third kappa shape index (κ3) is 3.91. The molecule has 152 valence electrons. The van der Waals surface area contributed by atoms with Gasteiger partial charge in [0.2, 0.25) is 9.84 Å². The van der Waals surface area contributed by atoms with E-state index in [1.165, 1.54) is 17.4 Å². The summed E-state index contributed by atoms with van der Waals surface area (Å²) in [6.45, 7) is 0.989. The summed E-state index contributed by atoms with van der Waals surface area (Å²) in [6, 6.07) is 10.5. The zero-order valence-corrected chi connectivity index (χ0v) is 17.5. The number of amides is 2. The van der Waals surface area contributed by atoms with Gasteiger partial charge in [0.05, 0.1) is 17.0 Å². The Morgan fingerprint density at radius 2 is 2.00 bits per heavy atom. The predicted octanol–water partition coefficient (Wildman–Crippen LogP) is 2.03. The van der Waals surface area contributed by atoms with Crippen molar-refractivity contribution in [1.82, 2.24) is 5.32 Å². The van der Waals surface area contributed by atoms with Gasteiger partial charge in [-0.25, -0.2) is 8.42 Å². The van der Waals surface area contributed by atoms with E-state index in [1.54, 1.807) is 6.07 Å². The Morgan fingerprint density at radius 1 is 1.21 bits per heavy atom. The Kier molecular flexibility index (Phi) is 5.40. The lowest BCUT2D eigenvalue weighted by atomic mass is 10.2. The highest BCUT2D eigenvalue weighted by atomic mass is 32.2. The maximum Gasteiger partial charge on any atom is 0.266 e. The maximum absolute atomic E-state index is 12.8. The number of benzene rings is 1. The van der Waals surface area contributed by atoms with Gasteiger partial charge in [0.25, 0.3) is 11.8 Å². The van der Waals surface area contributed by atoms with Gasteiger partial charge in [-0.1, -0.05) is 18.2 Å². The van der Waals surface area contributed by atoms with Crippen molar-refractivity contribution in [3.05, 3.63) is 46.8 Å². The number of hydrogen-bond acceptors (Lipinski definition) is 8. The summed E-state index contributed by atoms with van der Waals surface area (Å²) in [7, 11) is -3.84. The molecule has 0 aliphatic carbocycles. The molecule has 0 spiro atoms. The number of hydrogen-bond donors (Lipinski definition) is 3. The van der Waals surface area contributed by atoms with Gasteiger partial charge in [0.15, 0.2) is 5.44 Å². The second-order valence-corrected chi connectivity index (χ2v) is 10.8. The number of nitrogens with one attached hydrogen (secondary N) is 2. The summed E-state index contributed by atoms with van der Waals surface area (Å²) in [4.78, 5) is 25.0. The molecule has 4 N–H and O–H groups in total. The van der Waals surface area contributed by atoms with Crippen molar-refractivity contribution in [3.63, 3.8) is 0 Å². The number of sulfone groups is 1. The van der Waals surface area contributed by atoms with Crippen LogP contribution in [0.1, 0.15) is 20.0 Å². The third-order valence-corrected chi connectivity index (χ3v) is 8.95. The van der Waals surface area contributed by atoms with Gasteiger partial charge in [-0.15, -0.1) is 22.7 Å². The molecule has 0 saturated carbocycles. The SMILES string of the molecule is NC(=O)c1cc(S(=O)(=O)C2CNCCO2)sc1NC(=O)c1cc2ccccc2s1. The minimum atomic E-state index is -3.84. The number of morpholine rings is 1. The topological polar surface area (TPSA) is 128 Å². The highest BCUT2D eigenvalue weighted by Gasteiger charge is 2.33. The van der Waals surface area contributed by atoms with Gasteiger partial charge in [-0.2, -0.15) is 0 Å². The quantitative estimate of drug-likeness (QED) is 0.545. The number of carbonyl (C=O) groups excluding carboxylic acids is 2. The Bertz CT molecular complexity index is 1160. The van der Waals surface area contributed by atoms with Crippen LogP contribution in [0.3, 0.4) is 0 Å². The molecule has 1 aromatic carbocycles. The molecule has 8 nitrogen and oxygen atoms in total. The number of anilines is 1. The Morgan fingerprint density at radius 3 is 2.69 bits per heavy atom. The lowest BCUT2D eigenvalue weighted by Gasteiger charge is -2.22. The molecule has 4 rings (SSSR count). The number of primary amides is 1. The van der Waals surface area contributed by atoms with E-state index in [0.717, 1.165) is 21.4 Å². The molecule has 1 unspecified atom stereocenters. The van der Waals surface area contributed by atoms with Crippen LogP contribution in [-0.4, -0.2) is 45.4 Å². The van der Waals surface area contributed by atoms with Crippen molar-refractivity contribution in [3.8, 4) is 0 Å². The van der Waals surface area contributed by atoms with E-state index in [2.05, 4.69) is 10.6 Å². The van der Waals surface area contributed by atoms with E-state index in [0.29, 0.717) is 11.4 Å². The Balaban J connectivity index is 1.64. The van der Waals surface area contributed by atoms with Crippen LogP contribution in [0.4, 0.5) is 5.00 Å². The molecular formula is C18H17N3O5S3. The Hall–Kier alpha value is -2.31. The number of thiophene rings is 2. The summed E-state index contributed by atoms with van der Waals surface area (Å²) < 4.78 is 31.9. The van der Waals surface area contributed by atoms with E-state index < -0.39 is 27.1 Å². The summed E-state index contributed by atoms with van der Waals surface area (Å²) in [5, 5.41) is 6.62. The molecular weight excluding hydrogens is 434 g/mol. The summed E-state index contributed by atoms with van der Waals surface area (Å²) >= 11 is 2.10. The van der Waals surface area contributed by atoms with Gasteiger partial charge >= 0.3 is 0 Å². The van der Waals surface area contributed by atoms with Crippen LogP contribution in [0.25, 0.3) is 10.1 Å². The van der Waals surface area contributed by atoms with Crippen LogP contribution in [0, 0.1) is 0 Å². The van der Waals surface area contributed by atoms with E-state index >= 15 is 0 Å². The highest BCUT2D eigenvalue weighted by molar-refractivity contribution is 7.94. The first-order valence-corrected chi connectivity index (χ1v) is 11.8. The van der Waals surface area contributed by atoms with E-state index in [-0.39, 0.29) is 27.9 Å². The zero-order chi connectivity index (χ0) is 20.6. The second kappa shape index (κ2) is 7.84. The normalized spacial score (nSPS) is 17.3. The number of nitrogens with two attached hydrogens (primary N) is 1. The molecule has 1 aliphatic rings. The molecule has 3 heterocycles. The summed E-state index contributed by atoms with van der Waals surface area (Å²) in [5.74, 6) is -1.26. The van der Waals surface area contributed by atoms with Crippen LogP contribution in [0.2, 0.25) is 0 Å². The van der Waals surface area contributed by atoms with Gasteiger partial charge in [-0.3, -0.25) is 9.59 Å². The van der Waals surface area contributed by atoms with Gasteiger partial charge < -0.3 is 21.1 Å². The van der Waals surface area contributed by atoms with Crippen molar-refractivity contribution in [2.75, 3.05) is 25.0 Å². The minimum Gasteiger partial charge on any atom is -0.366 e. The zero-order valence-electron chi connectivity index (χ0n) is 15.0. The monoisotopic (exact) mass is 451 g/mol. The molecule has 2 amide bonds. The molecule has 0 radical (unpaired) electrons. The second-order valence-electron chi connectivity index (χ2n) is 6.32. The first-order chi connectivity index (χ1) is 13.9. The van der Waals surface area contributed by atoms with Gasteiger partial charge in [-0.05, 0) is 23.6 Å². The lowest BCUT2D eigenvalue weighted by Crippen LogP contribution is -2.42. The molecule has 1 aliphatic heterocycles. The fraction of sp³-hybridized carbons (Fsp3) is 0.222. The third-order valence-electron chi connectivity index (χ3n) is 4.37. The van der Waals surface area contributed by atoms with Crippen molar-refractivity contribution in [1.29, 1.82) is 0 Å². The highest BCUT2D eigenvalue weighted by Crippen LogP contribution is 2.35. The van der Waals surface area contributed by atoms with E-state index in [1.807, 2.05) is 24.3 Å². The van der Waals surface area contributed by atoms with Crippen LogP contribution in [0.5, 0.6) is 0 Å². The first kappa shape index (κ1) is 20.0. The fourth-order valence-corrected chi connectivity index (χ4v) is 6.85. The molecule has 1 atom stereocenters. The Labute approximate surface area is 174 Å². The summed E-state index contributed by atoms with van der Waals surface area (Å²) in [5.41, 5.74) is 4.30. The molecule has 11 heteroatoms. The van der Waals surface area contributed by atoms with E-state index in [4.69, 9.17) is 10.5 Å². The standard InChI is InChI=1S/C18H17N3O5S3/c19-16(22)11-8-15(29(24,25)14-9-20-5-6-26-14)28-18(11)21-17(23)13-7-10-3-1-2-4-12(10)27-13/h1-4,7-8,14,20H,5-6,9H2,(H2,19,22)(H,21,23). The van der Waals surface area contributed by atoms with Gasteiger partial charge in [0, 0.05) is 17.8 Å². The number of ether oxygens (including phenoxy) is 1. The number of carbonyl (C=O) groups is 2. The number of fused-ring (bicyclic) bond motifs is 1. The molecule has 1 fully saturated rings. The first-order valence-electron chi connectivity index (χ1n) is 8.66. The number of rotatable bonds is 5. The predicted molar refractivity (Wildman–Crippen MR) is 112 cm³/mol. The largest absolute Gasteiger partial charge is 0.366 e. The van der Waals surface area contributed by atoms with Crippen LogP contribution in [0.15, 0.2) is 40.6 Å². The smallest absolute Gasteiger partial charge is 0.266 e. The molecule has 3 aromatic rings. The average Bonchev–Trinajstić information content (AvgIpc) is 3.33. The fourth-order valence-electron chi connectivity index (χ4n) is 2.91. The van der Waals surface area contributed by atoms with E-state index in [9.17, 15) is 18.0 Å². The van der Waals surface area contributed by atoms with Crippen molar-refractivity contribution < 1.29 is 22.7 Å². The average molecular weight is 452 g/mol. The van der Waals surface area contributed by atoms with Gasteiger partial charge in [0.1, 0.15) is 9.21 Å². The van der Waals surface area contributed by atoms with Crippen LogP contribution < -0.4 is 16.4 Å². The molecule has 0 bridgehead atoms. The molecule has 29 heavy (non-hydrogen) atoms. The molecule has 2 aromatic heterocycles. The minimum absolute atomic E-state index is 0.0493. The van der Waals surface area contributed by atoms with Crippen molar-refractivity contribution in [2.24, 2.45) is 5.73 Å². The lowest BCUT2D eigenvalue weighted by molar-refractivity contribution is 0.0786. The van der Waals surface area contributed by atoms with Crippen LogP contribution in [-0.2, 0) is 14.6 Å². The van der Waals surface area contributed by atoms with Crippen molar-refractivity contribution in [2.45, 2.75) is 9.65 Å².